The average molecular weight is 299 g/mol. The maximum Gasteiger partial charge on any atom is 0.330 e. The smallest absolute Gasteiger partial charge is 0.330 e. The van der Waals surface area contributed by atoms with Crippen molar-refractivity contribution in [2.45, 2.75) is 25.9 Å². The Morgan fingerprint density at radius 3 is 2.15 bits per heavy atom. The highest BCUT2D eigenvalue weighted by atomic mass is 35.5. The molecule has 0 aliphatic rings. The molecule has 2 unspecified atom stereocenters. The highest BCUT2D eigenvalue weighted by molar-refractivity contribution is 6.30. The van der Waals surface area contributed by atoms with E-state index in [0.717, 1.165) is 0 Å². The summed E-state index contributed by atoms with van der Waals surface area (Å²) < 4.78 is 0. The standard InChI is InChI=1S/C13H15ClN2O4/c1-7(15-8(2)17)12(18)16-11(13(19)20)9-3-5-10(14)6-4-9/h3-7,11H,1-2H3,(H,15,17)(H,16,18)(H,19,20). The molecule has 0 heterocycles. The van der Waals surface area contributed by atoms with E-state index in [0.29, 0.717) is 10.6 Å². The van der Waals surface area contributed by atoms with Crippen LogP contribution >= 0.6 is 11.6 Å². The number of amides is 2. The van der Waals surface area contributed by atoms with Crippen LogP contribution in [0.25, 0.3) is 0 Å². The number of carboxylic acids is 1. The van der Waals surface area contributed by atoms with Crippen molar-refractivity contribution in [2.24, 2.45) is 0 Å². The Morgan fingerprint density at radius 2 is 1.70 bits per heavy atom. The number of carbonyl (C=O) groups excluding carboxylic acids is 2. The Balaban J connectivity index is 2.83. The summed E-state index contributed by atoms with van der Waals surface area (Å²) in [6.45, 7) is 2.75. The first-order valence-electron chi connectivity index (χ1n) is 5.87. The van der Waals surface area contributed by atoms with Gasteiger partial charge in [-0.3, -0.25) is 9.59 Å². The van der Waals surface area contributed by atoms with E-state index in [4.69, 9.17) is 11.6 Å². The third-order valence-corrected chi connectivity index (χ3v) is 2.80. The van der Waals surface area contributed by atoms with Gasteiger partial charge in [-0.05, 0) is 24.6 Å². The molecule has 0 fully saturated rings. The van der Waals surface area contributed by atoms with Crippen molar-refractivity contribution < 1.29 is 19.5 Å². The fourth-order valence-corrected chi connectivity index (χ4v) is 1.71. The molecule has 0 aliphatic carbocycles. The van der Waals surface area contributed by atoms with E-state index in [1.54, 1.807) is 0 Å². The molecule has 1 aromatic carbocycles. The fraction of sp³-hybridized carbons (Fsp3) is 0.308. The van der Waals surface area contributed by atoms with Gasteiger partial charge in [-0.25, -0.2) is 4.79 Å². The number of aliphatic carboxylic acids is 1. The molecule has 3 N–H and O–H groups in total. The van der Waals surface area contributed by atoms with Crippen LogP contribution in [0.2, 0.25) is 5.02 Å². The molecule has 0 radical (unpaired) electrons. The maximum absolute atomic E-state index is 11.8. The zero-order valence-corrected chi connectivity index (χ0v) is 11.8. The van der Waals surface area contributed by atoms with E-state index in [1.807, 2.05) is 0 Å². The highest BCUT2D eigenvalue weighted by Crippen LogP contribution is 2.17. The minimum absolute atomic E-state index is 0.369. The molecule has 0 saturated heterocycles. The third kappa shape index (κ3) is 4.55. The second-order valence-electron chi connectivity index (χ2n) is 4.25. The van der Waals surface area contributed by atoms with E-state index in [9.17, 15) is 19.5 Å². The van der Waals surface area contributed by atoms with Crippen LogP contribution in [0.15, 0.2) is 24.3 Å². The lowest BCUT2D eigenvalue weighted by molar-refractivity contribution is -0.142. The van der Waals surface area contributed by atoms with Crippen molar-refractivity contribution in [3.63, 3.8) is 0 Å². The number of hydrogen-bond acceptors (Lipinski definition) is 3. The minimum atomic E-state index is -1.20. The van der Waals surface area contributed by atoms with Crippen molar-refractivity contribution in [3.05, 3.63) is 34.9 Å². The van der Waals surface area contributed by atoms with Crippen molar-refractivity contribution in [1.82, 2.24) is 10.6 Å². The first-order valence-corrected chi connectivity index (χ1v) is 6.25. The molecular weight excluding hydrogens is 284 g/mol. The minimum Gasteiger partial charge on any atom is -0.479 e. The normalized spacial score (nSPS) is 13.2. The summed E-state index contributed by atoms with van der Waals surface area (Å²) in [6, 6.07) is 4.10. The Morgan fingerprint density at radius 1 is 1.15 bits per heavy atom. The molecule has 7 heteroatoms. The van der Waals surface area contributed by atoms with Gasteiger partial charge in [0.1, 0.15) is 6.04 Å². The molecular formula is C13H15ClN2O4. The van der Waals surface area contributed by atoms with Gasteiger partial charge in [0.15, 0.2) is 6.04 Å². The molecule has 108 valence electrons. The Hall–Kier alpha value is -2.08. The van der Waals surface area contributed by atoms with E-state index < -0.39 is 24.0 Å². The number of halogens is 1. The van der Waals surface area contributed by atoms with Crippen LogP contribution in [-0.2, 0) is 14.4 Å². The Labute approximate surface area is 121 Å². The second kappa shape index (κ2) is 6.91. The molecule has 0 saturated carbocycles. The number of benzene rings is 1. The quantitative estimate of drug-likeness (QED) is 0.758. The number of rotatable bonds is 5. The summed E-state index contributed by atoms with van der Waals surface area (Å²) in [6.07, 6.45) is 0. The Bertz CT molecular complexity index is 516. The van der Waals surface area contributed by atoms with Crippen LogP contribution in [0.5, 0.6) is 0 Å². The van der Waals surface area contributed by atoms with Gasteiger partial charge in [-0.15, -0.1) is 0 Å². The molecule has 1 rings (SSSR count). The zero-order chi connectivity index (χ0) is 15.3. The van der Waals surface area contributed by atoms with Crippen LogP contribution in [0.3, 0.4) is 0 Å². The van der Waals surface area contributed by atoms with Gasteiger partial charge in [0.25, 0.3) is 0 Å². The van der Waals surface area contributed by atoms with Crippen LogP contribution in [0, 0.1) is 0 Å². The molecule has 0 aliphatic heterocycles. The average Bonchev–Trinajstić information content (AvgIpc) is 2.35. The number of nitrogens with one attached hydrogen (secondary N) is 2. The van der Waals surface area contributed by atoms with Crippen LogP contribution in [0.1, 0.15) is 25.5 Å². The van der Waals surface area contributed by atoms with E-state index in [1.165, 1.54) is 38.1 Å². The zero-order valence-electron chi connectivity index (χ0n) is 11.0. The monoisotopic (exact) mass is 298 g/mol. The lowest BCUT2D eigenvalue weighted by Gasteiger charge is -2.18. The summed E-state index contributed by atoms with van der Waals surface area (Å²) in [5, 5.41) is 14.4. The topological polar surface area (TPSA) is 95.5 Å². The molecule has 6 nitrogen and oxygen atoms in total. The first kappa shape index (κ1) is 16.0. The van der Waals surface area contributed by atoms with Crippen LogP contribution in [-0.4, -0.2) is 28.9 Å². The molecule has 0 aromatic heterocycles. The van der Waals surface area contributed by atoms with Crippen LogP contribution < -0.4 is 10.6 Å². The van der Waals surface area contributed by atoms with E-state index >= 15 is 0 Å². The molecule has 2 atom stereocenters. The summed E-state index contributed by atoms with van der Waals surface area (Å²) in [5.74, 6) is -2.15. The first-order chi connectivity index (χ1) is 9.31. The van der Waals surface area contributed by atoms with E-state index in [2.05, 4.69) is 10.6 Å². The number of hydrogen-bond donors (Lipinski definition) is 3. The Kier molecular flexibility index (Phi) is 5.52. The summed E-state index contributed by atoms with van der Waals surface area (Å²) in [7, 11) is 0. The summed E-state index contributed by atoms with van der Waals surface area (Å²) >= 11 is 5.73. The third-order valence-electron chi connectivity index (χ3n) is 2.55. The molecule has 0 spiro atoms. The van der Waals surface area contributed by atoms with Gasteiger partial charge < -0.3 is 15.7 Å². The molecule has 20 heavy (non-hydrogen) atoms. The van der Waals surface area contributed by atoms with Gasteiger partial charge in [-0.2, -0.15) is 0 Å². The van der Waals surface area contributed by atoms with Crippen LogP contribution in [0.4, 0.5) is 0 Å². The van der Waals surface area contributed by atoms with Crippen molar-refractivity contribution in [2.75, 3.05) is 0 Å². The van der Waals surface area contributed by atoms with Gasteiger partial charge >= 0.3 is 5.97 Å². The predicted octanol–water partition coefficient (Wildman–Crippen LogP) is 1.11. The lowest BCUT2D eigenvalue weighted by Crippen LogP contribution is -2.46. The predicted molar refractivity (Wildman–Crippen MR) is 73.3 cm³/mol. The molecule has 1 aromatic rings. The van der Waals surface area contributed by atoms with Gasteiger partial charge in [-0.1, -0.05) is 23.7 Å². The highest BCUT2D eigenvalue weighted by Gasteiger charge is 2.24. The van der Waals surface area contributed by atoms with Crippen molar-refractivity contribution in [3.8, 4) is 0 Å². The largest absolute Gasteiger partial charge is 0.479 e. The van der Waals surface area contributed by atoms with Crippen molar-refractivity contribution >= 4 is 29.4 Å². The summed E-state index contributed by atoms with van der Waals surface area (Å²) in [4.78, 5) is 33.9. The van der Waals surface area contributed by atoms with E-state index in [-0.39, 0.29) is 5.91 Å². The second-order valence-corrected chi connectivity index (χ2v) is 4.69. The van der Waals surface area contributed by atoms with Gasteiger partial charge in [0.05, 0.1) is 0 Å². The molecule has 2 amide bonds. The van der Waals surface area contributed by atoms with Gasteiger partial charge in [0, 0.05) is 11.9 Å². The molecule has 0 bridgehead atoms. The number of carbonyl (C=O) groups is 3. The SMILES string of the molecule is CC(=O)NC(C)C(=O)NC(C(=O)O)c1ccc(Cl)cc1. The lowest BCUT2D eigenvalue weighted by atomic mass is 10.1. The maximum atomic E-state index is 11.8. The number of carboxylic acid groups (broad SMARTS) is 1. The summed E-state index contributed by atoms with van der Waals surface area (Å²) in [5.41, 5.74) is 0.394. The van der Waals surface area contributed by atoms with Crippen molar-refractivity contribution in [1.29, 1.82) is 0 Å². The van der Waals surface area contributed by atoms with Gasteiger partial charge in [0.2, 0.25) is 11.8 Å². The fourth-order valence-electron chi connectivity index (χ4n) is 1.58.